The van der Waals surface area contributed by atoms with Crippen molar-refractivity contribution in [3.63, 3.8) is 0 Å². The number of nitrogens with two attached hydrogens (primary N) is 2. The number of nitrogen functional groups attached to an aromatic ring is 1. The van der Waals surface area contributed by atoms with E-state index in [2.05, 4.69) is 9.97 Å². The molecular formula is C7H10N4O. The maximum absolute atomic E-state index is 10.8. The van der Waals surface area contributed by atoms with E-state index in [0.717, 1.165) is 0 Å². The van der Waals surface area contributed by atoms with Crippen LogP contribution in [0.1, 0.15) is 21.9 Å². The molecule has 0 atom stereocenters. The van der Waals surface area contributed by atoms with Gasteiger partial charge in [0.2, 0.25) is 0 Å². The molecule has 0 aliphatic heterocycles. The molecule has 0 aliphatic carbocycles. The van der Waals surface area contributed by atoms with Crippen molar-refractivity contribution in [1.82, 2.24) is 9.97 Å². The molecule has 0 fully saturated rings. The van der Waals surface area contributed by atoms with E-state index in [-0.39, 0.29) is 11.4 Å². The average Bonchev–Trinajstić information content (AvgIpc) is 1.82. The first-order valence-corrected chi connectivity index (χ1v) is 3.43. The number of carbonyl (C=O) groups excluding carboxylic acids is 1. The highest BCUT2D eigenvalue weighted by molar-refractivity contribution is 5.98. The van der Waals surface area contributed by atoms with Crippen molar-refractivity contribution in [2.45, 2.75) is 13.8 Å². The predicted molar refractivity (Wildman–Crippen MR) is 44.4 cm³/mol. The summed E-state index contributed by atoms with van der Waals surface area (Å²) in [6.07, 6.45) is 0. The summed E-state index contributed by atoms with van der Waals surface area (Å²) in [6, 6.07) is 0. The van der Waals surface area contributed by atoms with E-state index in [1.807, 2.05) is 0 Å². The Hall–Kier alpha value is -1.65. The molecule has 0 saturated heterocycles. The largest absolute Gasteiger partial charge is 0.383 e. The Balaban J connectivity index is 3.38. The fourth-order valence-electron chi connectivity index (χ4n) is 1.04. The molecule has 1 aromatic heterocycles. The molecular weight excluding hydrogens is 156 g/mol. The fraction of sp³-hybridized carbons (Fsp3) is 0.286. The molecule has 0 radical (unpaired) electrons. The van der Waals surface area contributed by atoms with E-state index >= 15 is 0 Å². The number of nitrogens with zero attached hydrogens (tertiary/aromatic N) is 2. The third kappa shape index (κ3) is 1.34. The highest BCUT2D eigenvalue weighted by Gasteiger charge is 2.11. The van der Waals surface area contributed by atoms with Crippen LogP contribution < -0.4 is 11.5 Å². The second-order valence-electron chi connectivity index (χ2n) is 2.48. The number of rotatable bonds is 1. The van der Waals surface area contributed by atoms with Crippen LogP contribution in [0.25, 0.3) is 0 Å². The molecule has 1 heterocycles. The summed E-state index contributed by atoms with van der Waals surface area (Å²) >= 11 is 0. The summed E-state index contributed by atoms with van der Waals surface area (Å²) in [5.41, 5.74) is 11.3. The van der Waals surface area contributed by atoms with Gasteiger partial charge in [-0.05, 0) is 13.8 Å². The molecule has 0 saturated carbocycles. The van der Waals surface area contributed by atoms with Gasteiger partial charge < -0.3 is 11.5 Å². The summed E-state index contributed by atoms with van der Waals surface area (Å²) in [7, 11) is 0. The summed E-state index contributed by atoms with van der Waals surface area (Å²) in [4.78, 5) is 18.6. The molecule has 0 bridgehead atoms. The van der Waals surface area contributed by atoms with Gasteiger partial charge >= 0.3 is 0 Å². The van der Waals surface area contributed by atoms with Crippen molar-refractivity contribution in [2.24, 2.45) is 5.73 Å². The lowest BCUT2D eigenvalue weighted by Gasteiger charge is -2.04. The van der Waals surface area contributed by atoms with Gasteiger partial charge in [0.1, 0.15) is 17.2 Å². The molecule has 12 heavy (non-hydrogen) atoms. The second kappa shape index (κ2) is 2.77. The normalized spacial score (nSPS) is 9.83. The van der Waals surface area contributed by atoms with Gasteiger partial charge in [-0.25, -0.2) is 9.97 Å². The number of primary amides is 1. The lowest BCUT2D eigenvalue weighted by Crippen LogP contribution is -2.17. The minimum atomic E-state index is -0.593. The Kier molecular flexibility index (Phi) is 1.95. The van der Waals surface area contributed by atoms with Crippen LogP contribution >= 0.6 is 0 Å². The summed E-state index contributed by atoms with van der Waals surface area (Å²) in [5, 5.41) is 0. The number of aryl methyl sites for hydroxylation is 2. The van der Waals surface area contributed by atoms with E-state index in [4.69, 9.17) is 11.5 Å². The van der Waals surface area contributed by atoms with Crippen LogP contribution in [0.15, 0.2) is 0 Å². The van der Waals surface area contributed by atoms with E-state index in [1.54, 1.807) is 13.8 Å². The van der Waals surface area contributed by atoms with Gasteiger partial charge in [0.25, 0.3) is 5.91 Å². The highest BCUT2D eigenvalue weighted by Crippen LogP contribution is 2.11. The monoisotopic (exact) mass is 166 g/mol. The van der Waals surface area contributed by atoms with Crippen molar-refractivity contribution in [2.75, 3.05) is 5.73 Å². The maximum Gasteiger partial charge on any atom is 0.254 e. The molecule has 4 N–H and O–H groups in total. The molecule has 64 valence electrons. The molecule has 0 spiro atoms. The summed E-state index contributed by atoms with van der Waals surface area (Å²) in [6.45, 7) is 3.37. The predicted octanol–water partition coefficient (Wildman–Crippen LogP) is -0.225. The van der Waals surface area contributed by atoms with Gasteiger partial charge in [-0.3, -0.25) is 4.79 Å². The zero-order valence-corrected chi connectivity index (χ0v) is 6.96. The third-order valence-corrected chi connectivity index (χ3v) is 1.48. The van der Waals surface area contributed by atoms with Crippen LogP contribution in [0.4, 0.5) is 5.82 Å². The lowest BCUT2D eigenvalue weighted by atomic mass is 10.2. The van der Waals surface area contributed by atoms with Crippen LogP contribution in [0.3, 0.4) is 0 Å². The molecule has 5 nitrogen and oxygen atoms in total. The van der Waals surface area contributed by atoms with Gasteiger partial charge in [0.05, 0.1) is 5.69 Å². The Bertz CT molecular complexity index is 311. The van der Waals surface area contributed by atoms with Crippen LogP contribution in [0.5, 0.6) is 0 Å². The van der Waals surface area contributed by atoms with Crippen LogP contribution in [-0.4, -0.2) is 15.9 Å². The number of carbonyl (C=O) groups is 1. The summed E-state index contributed by atoms with van der Waals surface area (Å²) < 4.78 is 0. The van der Waals surface area contributed by atoms with Crippen LogP contribution in [-0.2, 0) is 0 Å². The Labute approximate surface area is 69.8 Å². The molecule has 1 aromatic rings. The van der Waals surface area contributed by atoms with Crippen LogP contribution in [0.2, 0.25) is 0 Å². The smallest absolute Gasteiger partial charge is 0.254 e. The van der Waals surface area contributed by atoms with Crippen molar-refractivity contribution in [3.05, 3.63) is 17.1 Å². The second-order valence-corrected chi connectivity index (χ2v) is 2.48. The lowest BCUT2D eigenvalue weighted by molar-refractivity contribution is 0.1000. The van der Waals surface area contributed by atoms with Crippen molar-refractivity contribution in [3.8, 4) is 0 Å². The fourth-order valence-corrected chi connectivity index (χ4v) is 1.04. The zero-order chi connectivity index (χ0) is 9.30. The molecule has 1 amide bonds. The Morgan fingerprint density at radius 2 is 1.92 bits per heavy atom. The number of aromatic nitrogens is 2. The van der Waals surface area contributed by atoms with Gasteiger partial charge in [0.15, 0.2) is 0 Å². The number of hydrogen-bond acceptors (Lipinski definition) is 4. The zero-order valence-electron chi connectivity index (χ0n) is 6.96. The molecule has 0 unspecified atom stereocenters. The first-order chi connectivity index (χ1) is 5.52. The topological polar surface area (TPSA) is 94.9 Å². The Morgan fingerprint density at radius 3 is 2.33 bits per heavy atom. The Morgan fingerprint density at radius 1 is 1.33 bits per heavy atom. The first-order valence-electron chi connectivity index (χ1n) is 3.43. The van der Waals surface area contributed by atoms with E-state index in [0.29, 0.717) is 11.5 Å². The molecule has 0 aliphatic rings. The van der Waals surface area contributed by atoms with Crippen molar-refractivity contribution >= 4 is 11.7 Å². The third-order valence-electron chi connectivity index (χ3n) is 1.48. The van der Waals surface area contributed by atoms with Gasteiger partial charge in [-0.1, -0.05) is 0 Å². The minimum Gasteiger partial charge on any atom is -0.383 e. The minimum absolute atomic E-state index is 0.146. The highest BCUT2D eigenvalue weighted by atomic mass is 16.1. The number of amides is 1. The number of hydrogen-bond donors (Lipinski definition) is 2. The molecule has 0 aromatic carbocycles. The average molecular weight is 166 g/mol. The molecule has 5 heteroatoms. The van der Waals surface area contributed by atoms with Crippen molar-refractivity contribution in [1.29, 1.82) is 0 Å². The number of anilines is 1. The molecule has 1 rings (SSSR count). The summed E-state index contributed by atoms with van der Waals surface area (Å²) in [5.74, 6) is 0.0903. The first kappa shape index (κ1) is 8.45. The van der Waals surface area contributed by atoms with E-state index in [1.165, 1.54) is 0 Å². The standard InChI is InChI=1S/C7H10N4O/c1-3-5(7(9)12)6(8)11-4(2)10-3/h1-2H3,(H2,9,12)(H2,8,10,11). The van der Waals surface area contributed by atoms with Crippen molar-refractivity contribution < 1.29 is 4.79 Å². The van der Waals surface area contributed by atoms with E-state index < -0.39 is 5.91 Å². The maximum atomic E-state index is 10.8. The van der Waals surface area contributed by atoms with Gasteiger partial charge in [-0.2, -0.15) is 0 Å². The van der Waals surface area contributed by atoms with E-state index in [9.17, 15) is 4.79 Å². The quantitative estimate of drug-likeness (QED) is 0.602. The van der Waals surface area contributed by atoms with Crippen LogP contribution in [0, 0.1) is 13.8 Å². The van der Waals surface area contributed by atoms with Gasteiger partial charge in [0, 0.05) is 0 Å². The van der Waals surface area contributed by atoms with Gasteiger partial charge in [-0.15, -0.1) is 0 Å². The SMILES string of the molecule is Cc1nc(C)c(C(N)=O)c(N)n1.